The highest BCUT2D eigenvalue weighted by molar-refractivity contribution is 8.01. The first-order valence-corrected chi connectivity index (χ1v) is 15.9. The minimum atomic E-state index is -0.663. The number of carbonyl (C=O) groups excluding carboxylic acids is 3. The summed E-state index contributed by atoms with van der Waals surface area (Å²) >= 11 is 7.76. The van der Waals surface area contributed by atoms with E-state index in [0.717, 1.165) is 16.7 Å². The summed E-state index contributed by atoms with van der Waals surface area (Å²) in [7, 11) is 3.15. The molecule has 1 fully saturated rings. The molecule has 1 saturated heterocycles. The molecule has 4 aromatic rings. The van der Waals surface area contributed by atoms with Crippen molar-refractivity contribution in [2.24, 2.45) is 5.73 Å². The fraction of sp³-hybridized carbons (Fsp3) is 0.229. The van der Waals surface area contributed by atoms with E-state index in [4.69, 9.17) is 31.5 Å². The maximum absolute atomic E-state index is 13.8. The lowest BCUT2D eigenvalue weighted by Crippen LogP contribution is -2.34. The Morgan fingerprint density at radius 3 is 2.33 bits per heavy atom. The van der Waals surface area contributed by atoms with Crippen molar-refractivity contribution in [2.45, 2.75) is 30.1 Å². The number of nitrogens with two attached hydrogens (primary N) is 1. The van der Waals surface area contributed by atoms with Crippen molar-refractivity contribution in [1.82, 2.24) is 5.32 Å². The number of hydrogen-bond acceptors (Lipinski definition) is 7. The predicted octanol–water partition coefficient (Wildman–Crippen LogP) is 5.93. The molecule has 0 spiro atoms. The molecule has 2 unspecified atom stereocenters. The number of thioether (sulfide) groups is 1. The van der Waals surface area contributed by atoms with Crippen LogP contribution in [-0.4, -0.2) is 43.7 Å². The summed E-state index contributed by atoms with van der Waals surface area (Å²) in [5.41, 5.74) is 8.97. The number of ether oxygens (including phenoxy) is 3. The van der Waals surface area contributed by atoms with Gasteiger partial charge in [0.1, 0.15) is 17.7 Å². The van der Waals surface area contributed by atoms with Crippen LogP contribution in [0.5, 0.6) is 17.2 Å². The van der Waals surface area contributed by atoms with Gasteiger partial charge >= 0.3 is 0 Å². The molecule has 0 bridgehead atoms. The van der Waals surface area contributed by atoms with Crippen LogP contribution in [0.1, 0.15) is 38.8 Å². The molecule has 1 aliphatic heterocycles. The van der Waals surface area contributed by atoms with Gasteiger partial charge in [-0.25, -0.2) is 0 Å². The summed E-state index contributed by atoms with van der Waals surface area (Å²) in [6.07, 6.45) is 0.573. The topological polar surface area (TPSA) is 120 Å². The molecule has 0 saturated carbocycles. The third-order valence-electron chi connectivity index (χ3n) is 7.51. The van der Waals surface area contributed by atoms with E-state index in [1.54, 1.807) is 31.3 Å². The first kappa shape index (κ1) is 32.7. The summed E-state index contributed by atoms with van der Waals surface area (Å²) < 4.78 is 16.6. The highest BCUT2D eigenvalue weighted by Gasteiger charge is 2.43. The van der Waals surface area contributed by atoms with Crippen molar-refractivity contribution < 1.29 is 28.6 Å². The van der Waals surface area contributed by atoms with Gasteiger partial charge in [0.15, 0.2) is 11.5 Å². The Hall–Kier alpha value is -4.67. The van der Waals surface area contributed by atoms with Crippen LogP contribution in [0.3, 0.4) is 0 Å². The molecule has 9 nitrogen and oxygen atoms in total. The minimum Gasteiger partial charge on any atom is -0.493 e. The van der Waals surface area contributed by atoms with Crippen molar-refractivity contribution in [1.29, 1.82) is 0 Å². The normalized spacial score (nSPS) is 15.8. The van der Waals surface area contributed by atoms with Gasteiger partial charge in [0.25, 0.3) is 0 Å². The summed E-state index contributed by atoms with van der Waals surface area (Å²) in [5, 5.41) is 1.98. The van der Waals surface area contributed by atoms with Crippen molar-refractivity contribution in [3.63, 3.8) is 0 Å². The van der Waals surface area contributed by atoms with E-state index in [-0.39, 0.29) is 28.8 Å². The Kier molecular flexibility index (Phi) is 10.7. The van der Waals surface area contributed by atoms with Crippen LogP contribution in [0.4, 0.5) is 5.69 Å². The highest BCUT2D eigenvalue weighted by atomic mass is 35.5. The predicted molar refractivity (Wildman–Crippen MR) is 180 cm³/mol. The molecule has 1 heterocycles. The second kappa shape index (κ2) is 15.1. The van der Waals surface area contributed by atoms with Crippen LogP contribution < -0.4 is 30.2 Å². The Labute approximate surface area is 277 Å². The number of anilines is 1. The van der Waals surface area contributed by atoms with Gasteiger partial charge in [-0.3, -0.25) is 19.3 Å². The molecule has 4 aromatic carbocycles. The molecule has 0 aliphatic carbocycles. The number of hydrogen-bond donors (Lipinski definition) is 2. The fourth-order valence-electron chi connectivity index (χ4n) is 5.12. The summed E-state index contributed by atoms with van der Waals surface area (Å²) in [4.78, 5) is 40.3. The number of carbonyl (C=O) groups is 3. The molecule has 0 radical (unpaired) electrons. The number of benzene rings is 4. The van der Waals surface area contributed by atoms with Crippen molar-refractivity contribution in [3.8, 4) is 17.2 Å². The second-order valence-electron chi connectivity index (χ2n) is 10.6. The van der Waals surface area contributed by atoms with Gasteiger partial charge in [0.2, 0.25) is 17.7 Å². The monoisotopic (exact) mass is 659 g/mol. The molecule has 3 amide bonds. The average Bonchev–Trinajstić information content (AvgIpc) is 3.39. The van der Waals surface area contributed by atoms with Crippen LogP contribution in [0.15, 0.2) is 91.0 Å². The zero-order valence-corrected chi connectivity index (χ0v) is 27.0. The number of nitrogens with zero attached hydrogens (tertiary/aromatic N) is 1. The van der Waals surface area contributed by atoms with Gasteiger partial charge in [0.05, 0.1) is 30.1 Å². The average molecular weight is 660 g/mol. The lowest BCUT2D eigenvalue weighted by Gasteiger charge is -2.25. The first-order chi connectivity index (χ1) is 22.3. The zero-order chi connectivity index (χ0) is 32.6. The quantitative estimate of drug-likeness (QED) is 0.183. The zero-order valence-electron chi connectivity index (χ0n) is 25.4. The van der Waals surface area contributed by atoms with Crippen molar-refractivity contribution >= 4 is 46.8 Å². The largest absolute Gasteiger partial charge is 0.493 e. The molecule has 11 heteroatoms. The maximum Gasteiger partial charge on any atom is 0.250 e. The Balaban J connectivity index is 1.29. The van der Waals surface area contributed by atoms with Gasteiger partial charge in [-0.2, -0.15) is 0 Å². The van der Waals surface area contributed by atoms with Gasteiger partial charge in [-0.15, -0.1) is 11.8 Å². The second-order valence-corrected chi connectivity index (χ2v) is 12.2. The SMILES string of the molecule is COc1ccc(CCNC(=O)CC2SC(c3ccc(OCc4ccccc4)cc3)N(c3ccc(C(N)=O)c(Cl)c3)C2=O)cc1OC. The first-order valence-electron chi connectivity index (χ1n) is 14.6. The Bertz CT molecular complexity index is 1700. The Morgan fingerprint density at radius 2 is 1.65 bits per heavy atom. The molecule has 238 valence electrons. The summed E-state index contributed by atoms with van der Waals surface area (Å²) in [5.74, 6) is 0.795. The van der Waals surface area contributed by atoms with E-state index >= 15 is 0 Å². The van der Waals surface area contributed by atoms with Gasteiger partial charge < -0.3 is 25.3 Å². The molecular formula is C35H34ClN3O6S. The number of rotatable bonds is 13. The summed E-state index contributed by atoms with van der Waals surface area (Å²) in [6.45, 7) is 0.818. The van der Waals surface area contributed by atoms with Gasteiger partial charge in [-0.05, 0) is 65.6 Å². The van der Waals surface area contributed by atoms with Gasteiger partial charge in [-0.1, -0.05) is 60.1 Å². The molecule has 0 aromatic heterocycles. The molecule has 5 rings (SSSR count). The van der Waals surface area contributed by atoms with E-state index in [0.29, 0.717) is 42.5 Å². The third kappa shape index (κ3) is 7.75. The number of halogens is 1. The third-order valence-corrected chi connectivity index (χ3v) is 9.26. The van der Waals surface area contributed by atoms with E-state index in [9.17, 15) is 14.4 Å². The molecular weight excluding hydrogens is 626 g/mol. The summed E-state index contributed by atoms with van der Waals surface area (Å²) in [6, 6.07) is 27.7. The number of nitrogens with one attached hydrogen (secondary N) is 1. The fourth-order valence-corrected chi connectivity index (χ4v) is 6.84. The van der Waals surface area contributed by atoms with Crippen molar-refractivity contribution in [2.75, 3.05) is 25.7 Å². The van der Waals surface area contributed by atoms with Gasteiger partial charge in [0, 0.05) is 18.7 Å². The van der Waals surface area contributed by atoms with E-state index in [2.05, 4.69) is 5.32 Å². The number of primary amides is 1. The number of methoxy groups -OCH3 is 2. The van der Waals surface area contributed by atoms with E-state index in [1.807, 2.05) is 72.8 Å². The van der Waals surface area contributed by atoms with Crippen LogP contribution in [0.25, 0.3) is 0 Å². The smallest absolute Gasteiger partial charge is 0.250 e. The molecule has 2 atom stereocenters. The standard InChI is InChI=1S/C35H34ClN3O6S/c1-43-29-15-8-22(18-30(29)44-2)16-17-38-32(40)20-31-34(42)39(25-11-14-27(33(37)41)28(36)19-25)35(46-31)24-9-12-26(13-10-24)45-21-23-6-4-3-5-7-23/h3-15,18-19,31,35H,16-17,20-21H2,1-2H3,(H2,37,41)(H,38,40). The van der Waals surface area contributed by atoms with Crippen molar-refractivity contribution in [3.05, 3.63) is 118 Å². The van der Waals surface area contributed by atoms with Crippen LogP contribution in [-0.2, 0) is 22.6 Å². The molecule has 1 aliphatic rings. The van der Waals surface area contributed by atoms with Crippen LogP contribution in [0.2, 0.25) is 5.02 Å². The highest BCUT2D eigenvalue weighted by Crippen LogP contribution is 2.47. The number of amides is 3. The minimum absolute atomic E-state index is 0.00615. The van der Waals surface area contributed by atoms with E-state index in [1.165, 1.54) is 17.8 Å². The van der Waals surface area contributed by atoms with Crippen LogP contribution in [0, 0.1) is 0 Å². The van der Waals surface area contributed by atoms with Crippen LogP contribution >= 0.6 is 23.4 Å². The van der Waals surface area contributed by atoms with E-state index < -0.39 is 16.5 Å². The lowest BCUT2D eigenvalue weighted by atomic mass is 10.1. The lowest BCUT2D eigenvalue weighted by molar-refractivity contribution is -0.124. The molecule has 3 N–H and O–H groups in total. The molecule has 46 heavy (non-hydrogen) atoms. The maximum atomic E-state index is 13.8. The Morgan fingerprint density at radius 1 is 0.913 bits per heavy atom.